The lowest BCUT2D eigenvalue weighted by Gasteiger charge is -2.33. The molecule has 0 atom stereocenters. The van der Waals surface area contributed by atoms with E-state index < -0.39 is 10.8 Å². The van der Waals surface area contributed by atoms with Crippen molar-refractivity contribution in [1.29, 1.82) is 0 Å². The molecule has 0 N–H and O–H groups in total. The average molecular weight is 894 g/mol. The van der Waals surface area contributed by atoms with Gasteiger partial charge in [0.1, 0.15) is 0 Å². The highest BCUT2D eigenvalue weighted by Gasteiger charge is 2.52. The Hall–Kier alpha value is -8.57. The molecule has 0 fully saturated rings. The van der Waals surface area contributed by atoms with Crippen LogP contribution < -0.4 is 0 Å². The Balaban J connectivity index is 1.02. The fourth-order valence-electron chi connectivity index (χ4n) is 12.6. The number of thiophene rings is 1. The number of aromatic nitrogens is 3. The molecule has 4 heteroatoms. The van der Waals surface area contributed by atoms with Crippen LogP contribution in [0.25, 0.3) is 87.7 Å². The molecule has 12 aromatic rings. The van der Waals surface area contributed by atoms with Gasteiger partial charge in [0.15, 0.2) is 17.5 Å². The zero-order valence-corrected chi connectivity index (χ0v) is 38.1. The summed E-state index contributed by atoms with van der Waals surface area (Å²) in [6, 6.07) is 86.7. The summed E-state index contributed by atoms with van der Waals surface area (Å²) in [4.78, 5) is 16.8. The number of benzene rings is 10. The summed E-state index contributed by atoms with van der Waals surface area (Å²) < 4.78 is 2.41. The Morgan fingerprint density at radius 1 is 0.290 bits per heavy atom. The number of hydrogen-bond donors (Lipinski definition) is 0. The predicted octanol–water partition coefficient (Wildman–Crippen LogP) is 15.9. The van der Waals surface area contributed by atoms with E-state index >= 15 is 0 Å². The Bertz CT molecular complexity index is 3990. The van der Waals surface area contributed by atoms with Crippen LogP contribution in [0.15, 0.2) is 237 Å². The molecule has 3 aliphatic carbocycles. The molecule has 0 saturated heterocycles. The zero-order valence-electron chi connectivity index (χ0n) is 37.3. The van der Waals surface area contributed by atoms with Gasteiger partial charge in [0.05, 0.1) is 10.8 Å². The van der Waals surface area contributed by atoms with Crippen molar-refractivity contribution in [3.05, 3.63) is 281 Å². The molecule has 2 aromatic heterocycles. The van der Waals surface area contributed by atoms with Crippen LogP contribution in [0.2, 0.25) is 0 Å². The highest BCUT2D eigenvalue weighted by Crippen LogP contribution is 2.63. The van der Waals surface area contributed by atoms with Gasteiger partial charge in [-0.3, -0.25) is 0 Å². The van der Waals surface area contributed by atoms with Crippen LogP contribution in [-0.4, -0.2) is 15.0 Å². The molecule has 0 amide bonds. The summed E-state index contributed by atoms with van der Waals surface area (Å²) in [6.07, 6.45) is 0. The molecule has 1 spiro atoms. The number of rotatable bonds is 5. The van der Waals surface area contributed by atoms with E-state index in [1.54, 1.807) is 11.3 Å². The van der Waals surface area contributed by atoms with Crippen LogP contribution >= 0.6 is 11.3 Å². The van der Waals surface area contributed by atoms with E-state index in [4.69, 9.17) is 15.0 Å². The van der Waals surface area contributed by atoms with E-state index in [-0.39, 0.29) is 0 Å². The maximum Gasteiger partial charge on any atom is 0.165 e. The van der Waals surface area contributed by atoms with Crippen LogP contribution in [0.4, 0.5) is 0 Å². The van der Waals surface area contributed by atoms with E-state index in [0.717, 1.165) is 22.3 Å². The van der Waals surface area contributed by atoms with Gasteiger partial charge in [0.25, 0.3) is 0 Å². The van der Waals surface area contributed by atoms with Crippen LogP contribution in [0.3, 0.4) is 0 Å². The van der Waals surface area contributed by atoms with Gasteiger partial charge in [-0.15, -0.1) is 11.3 Å². The third-order valence-electron chi connectivity index (χ3n) is 15.3. The molecule has 3 aliphatic rings. The van der Waals surface area contributed by atoms with Crippen molar-refractivity contribution in [2.75, 3.05) is 0 Å². The van der Waals surface area contributed by atoms with Gasteiger partial charge in [0, 0.05) is 36.9 Å². The minimum atomic E-state index is -0.566. The van der Waals surface area contributed by atoms with Crippen LogP contribution in [-0.2, 0) is 10.8 Å². The van der Waals surface area contributed by atoms with Gasteiger partial charge in [-0.25, -0.2) is 15.0 Å². The first kappa shape index (κ1) is 38.5. The molecular weight excluding hydrogens is 855 g/mol. The van der Waals surface area contributed by atoms with Crippen molar-refractivity contribution >= 4 is 31.5 Å². The molecule has 10 aromatic carbocycles. The van der Waals surface area contributed by atoms with Gasteiger partial charge in [0.2, 0.25) is 0 Å². The van der Waals surface area contributed by atoms with Crippen LogP contribution in [0, 0.1) is 0 Å². The molecule has 3 nitrogen and oxygen atoms in total. The number of nitrogens with zero attached hydrogens (tertiary/aromatic N) is 3. The third-order valence-corrected chi connectivity index (χ3v) is 16.5. The lowest BCUT2D eigenvalue weighted by molar-refractivity contribution is 0.768. The van der Waals surface area contributed by atoms with Crippen LogP contribution in [0.5, 0.6) is 0 Å². The van der Waals surface area contributed by atoms with Crippen molar-refractivity contribution in [1.82, 2.24) is 15.0 Å². The minimum Gasteiger partial charge on any atom is -0.208 e. The van der Waals surface area contributed by atoms with E-state index in [1.165, 1.54) is 92.5 Å². The Kier molecular flexibility index (Phi) is 8.08. The fourth-order valence-corrected chi connectivity index (χ4v) is 13.8. The van der Waals surface area contributed by atoms with Gasteiger partial charge in [-0.2, -0.15) is 0 Å². The first-order valence-corrected chi connectivity index (χ1v) is 24.5. The molecule has 320 valence electrons. The normalized spacial score (nSPS) is 14.0. The van der Waals surface area contributed by atoms with Crippen molar-refractivity contribution in [3.63, 3.8) is 0 Å². The third kappa shape index (κ3) is 5.13. The molecule has 0 aliphatic heterocycles. The molecule has 0 radical (unpaired) electrons. The lowest BCUT2D eigenvalue weighted by Crippen LogP contribution is -2.28. The molecule has 0 bridgehead atoms. The van der Waals surface area contributed by atoms with Gasteiger partial charge in [-0.1, -0.05) is 218 Å². The lowest BCUT2D eigenvalue weighted by atomic mass is 9.67. The summed E-state index contributed by atoms with van der Waals surface area (Å²) in [6.45, 7) is 0. The molecule has 0 saturated carbocycles. The average Bonchev–Trinajstić information content (AvgIpc) is 4.14. The molecular formula is C65H39N3S. The predicted molar refractivity (Wildman–Crippen MR) is 283 cm³/mol. The maximum absolute atomic E-state index is 5.63. The van der Waals surface area contributed by atoms with Crippen LogP contribution in [0.1, 0.15) is 44.5 Å². The first-order chi connectivity index (χ1) is 34.2. The van der Waals surface area contributed by atoms with Gasteiger partial charge in [-0.05, 0) is 96.1 Å². The monoisotopic (exact) mass is 893 g/mol. The van der Waals surface area contributed by atoms with E-state index in [1.807, 2.05) is 0 Å². The molecule has 2 heterocycles. The minimum absolute atomic E-state index is 0.501. The number of hydrogen-bond acceptors (Lipinski definition) is 4. The fraction of sp³-hybridized carbons (Fsp3) is 0.0308. The molecule has 0 unspecified atom stereocenters. The Labute approximate surface area is 403 Å². The van der Waals surface area contributed by atoms with Crippen molar-refractivity contribution in [2.24, 2.45) is 0 Å². The molecule has 15 rings (SSSR count). The highest BCUT2D eigenvalue weighted by molar-refractivity contribution is 7.26. The van der Waals surface area contributed by atoms with Crippen molar-refractivity contribution < 1.29 is 0 Å². The second-order valence-electron chi connectivity index (χ2n) is 18.5. The Morgan fingerprint density at radius 3 is 1.39 bits per heavy atom. The summed E-state index contributed by atoms with van der Waals surface area (Å²) in [5.74, 6) is 1.94. The molecule has 69 heavy (non-hydrogen) atoms. The summed E-state index contributed by atoms with van der Waals surface area (Å²) in [5, 5.41) is 2.45. The second kappa shape index (κ2) is 14.5. The zero-order chi connectivity index (χ0) is 45.3. The first-order valence-electron chi connectivity index (χ1n) is 23.7. The van der Waals surface area contributed by atoms with Crippen molar-refractivity contribution in [2.45, 2.75) is 10.8 Å². The summed E-state index contributed by atoms with van der Waals surface area (Å²) in [7, 11) is 0. The van der Waals surface area contributed by atoms with E-state index in [9.17, 15) is 0 Å². The quantitative estimate of drug-likeness (QED) is 0.173. The maximum atomic E-state index is 5.63. The van der Waals surface area contributed by atoms with Gasteiger partial charge < -0.3 is 0 Å². The second-order valence-corrected chi connectivity index (χ2v) is 19.5. The highest BCUT2D eigenvalue weighted by atomic mass is 32.1. The standard InChI is InChI=1S/C65H39N3S/c1-3-19-41(20-4-1)64(42-21-5-2-6-22-42)55-34-15-10-27-49(55)59-50(29-18-35-56(59)64)62-66-61(67-63(68-62)51-30-17-28-48-47-26-11-16-36-58(47)69-60(48)51)40-37-38-46-45-25-9-14-33-54(45)65(57(46)39-40)52-31-12-7-23-43(52)44-24-8-13-32-53(44)65/h1-39H. The largest absolute Gasteiger partial charge is 0.208 e. The Morgan fingerprint density at radius 2 is 0.739 bits per heavy atom. The topological polar surface area (TPSA) is 38.7 Å². The SMILES string of the molecule is c1ccc(C2(c3ccccc3)c3ccccc3-c3c(-c4nc(-c5ccc6c(c5)C5(c7ccccc7-c7ccccc75)c5ccccc5-6)nc(-c5cccc6c5sc5ccccc56)n4)cccc32)cc1. The number of fused-ring (bicyclic) bond motifs is 16. The van der Waals surface area contributed by atoms with Gasteiger partial charge >= 0.3 is 0 Å². The smallest absolute Gasteiger partial charge is 0.165 e. The summed E-state index contributed by atoms with van der Waals surface area (Å²) >= 11 is 1.80. The summed E-state index contributed by atoms with van der Waals surface area (Å²) in [5.41, 5.74) is 19.3. The van der Waals surface area contributed by atoms with E-state index in [2.05, 4.69) is 237 Å². The van der Waals surface area contributed by atoms with Crippen molar-refractivity contribution in [3.8, 4) is 67.5 Å². The van der Waals surface area contributed by atoms with E-state index in [0.29, 0.717) is 17.5 Å².